The number of hydrogen-bond donors (Lipinski definition) is 0. The Balaban J connectivity index is 2.01. The zero-order valence-corrected chi connectivity index (χ0v) is 13.3. The van der Waals surface area contributed by atoms with Gasteiger partial charge in [0.15, 0.2) is 0 Å². The van der Waals surface area contributed by atoms with Crippen LogP contribution in [-0.4, -0.2) is 21.7 Å². The van der Waals surface area contributed by atoms with Gasteiger partial charge in [-0.3, -0.25) is 9.58 Å². The van der Waals surface area contributed by atoms with E-state index in [0.29, 0.717) is 0 Å². The summed E-state index contributed by atoms with van der Waals surface area (Å²) in [4.78, 5) is 2.31. The maximum absolute atomic E-state index is 4.39. The van der Waals surface area contributed by atoms with E-state index in [1.165, 1.54) is 16.8 Å². The van der Waals surface area contributed by atoms with E-state index in [2.05, 4.69) is 71.1 Å². The van der Waals surface area contributed by atoms with Gasteiger partial charge in [-0.25, -0.2) is 0 Å². The second-order valence-corrected chi connectivity index (χ2v) is 5.79. The van der Waals surface area contributed by atoms with Gasteiger partial charge in [0, 0.05) is 35.4 Å². The highest BCUT2D eigenvalue weighted by Crippen LogP contribution is 2.15. The van der Waals surface area contributed by atoms with Crippen LogP contribution in [0.4, 0.5) is 0 Å². The quantitative estimate of drug-likeness (QED) is 0.838. The minimum absolute atomic E-state index is 0.929. The Kier molecular flexibility index (Phi) is 4.77. The summed E-state index contributed by atoms with van der Waals surface area (Å²) in [6, 6.07) is 8.45. The van der Waals surface area contributed by atoms with E-state index in [0.717, 1.165) is 24.1 Å². The maximum atomic E-state index is 4.39. The van der Waals surface area contributed by atoms with Gasteiger partial charge in [0.2, 0.25) is 0 Å². The summed E-state index contributed by atoms with van der Waals surface area (Å²) < 4.78 is 3.18. The smallest absolute Gasteiger partial charge is 0.0537 e. The number of benzene rings is 1. The van der Waals surface area contributed by atoms with E-state index in [1.54, 1.807) is 0 Å². The highest BCUT2D eigenvalue weighted by molar-refractivity contribution is 9.10. The molecule has 19 heavy (non-hydrogen) atoms. The molecule has 0 N–H and O–H groups in total. The predicted octanol–water partition coefficient (Wildman–Crippen LogP) is 3.61. The van der Waals surface area contributed by atoms with Crippen LogP contribution in [0.25, 0.3) is 0 Å². The topological polar surface area (TPSA) is 21.1 Å². The summed E-state index contributed by atoms with van der Waals surface area (Å²) in [6.45, 7) is 7.06. The normalized spacial score (nSPS) is 11.2. The third-order valence-electron chi connectivity index (χ3n) is 3.29. The first kappa shape index (κ1) is 14.3. The van der Waals surface area contributed by atoms with Crippen molar-refractivity contribution in [2.24, 2.45) is 0 Å². The fourth-order valence-corrected chi connectivity index (χ4v) is 2.70. The summed E-state index contributed by atoms with van der Waals surface area (Å²) in [6.07, 6.45) is 1.98. The Morgan fingerprint density at radius 3 is 2.74 bits per heavy atom. The standard InChI is InChI=1S/C15H20BrN3/c1-4-19-12(2)14(9-17-19)11-18(3)10-13-6-5-7-15(16)8-13/h5-9H,4,10-11H2,1-3H3. The molecule has 0 fully saturated rings. The van der Waals surface area contributed by atoms with Crippen molar-refractivity contribution >= 4 is 15.9 Å². The molecule has 0 bridgehead atoms. The first-order valence-corrected chi connectivity index (χ1v) is 7.33. The fourth-order valence-electron chi connectivity index (χ4n) is 2.25. The van der Waals surface area contributed by atoms with Crippen molar-refractivity contribution in [1.29, 1.82) is 0 Å². The lowest BCUT2D eigenvalue weighted by atomic mass is 10.2. The minimum Gasteiger partial charge on any atom is -0.298 e. The molecule has 3 nitrogen and oxygen atoms in total. The highest BCUT2D eigenvalue weighted by atomic mass is 79.9. The molecule has 102 valence electrons. The zero-order valence-electron chi connectivity index (χ0n) is 11.7. The van der Waals surface area contributed by atoms with Gasteiger partial charge >= 0.3 is 0 Å². The molecule has 0 aliphatic carbocycles. The van der Waals surface area contributed by atoms with Crippen molar-refractivity contribution in [2.45, 2.75) is 33.5 Å². The van der Waals surface area contributed by atoms with Gasteiger partial charge in [0.1, 0.15) is 0 Å². The van der Waals surface area contributed by atoms with Crippen molar-refractivity contribution in [3.63, 3.8) is 0 Å². The van der Waals surface area contributed by atoms with Crippen LogP contribution in [0.1, 0.15) is 23.7 Å². The van der Waals surface area contributed by atoms with Gasteiger partial charge < -0.3 is 0 Å². The van der Waals surface area contributed by atoms with Crippen LogP contribution in [-0.2, 0) is 19.6 Å². The number of aromatic nitrogens is 2. The fraction of sp³-hybridized carbons (Fsp3) is 0.400. The lowest BCUT2D eigenvalue weighted by Gasteiger charge is -2.16. The van der Waals surface area contributed by atoms with Crippen molar-refractivity contribution in [2.75, 3.05) is 7.05 Å². The lowest BCUT2D eigenvalue weighted by Crippen LogP contribution is -2.17. The molecular weight excluding hydrogens is 302 g/mol. The molecule has 0 unspecified atom stereocenters. The molecule has 0 atom stereocenters. The molecule has 2 aromatic rings. The molecule has 2 rings (SSSR count). The summed E-state index contributed by atoms with van der Waals surface area (Å²) in [7, 11) is 2.14. The SMILES string of the molecule is CCn1ncc(CN(C)Cc2cccc(Br)c2)c1C. The summed E-state index contributed by atoms with van der Waals surface area (Å²) in [5.41, 5.74) is 3.89. The second-order valence-electron chi connectivity index (χ2n) is 4.87. The van der Waals surface area contributed by atoms with E-state index in [-0.39, 0.29) is 0 Å². The molecule has 0 aliphatic rings. The van der Waals surface area contributed by atoms with Gasteiger partial charge in [-0.15, -0.1) is 0 Å². The summed E-state index contributed by atoms with van der Waals surface area (Å²) in [5, 5.41) is 4.39. The Labute approximate surface area is 123 Å². The van der Waals surface area contributed by atoms with Gasteiger partial charge in [0.05, 0.1) is 6.20 Å². The highest BCUT2D eigenvalue weighted by Gasteiger charge is 2.08. The van der Waals surface area contributed by atoms with Crippen LogP contribution >= 0.6 is 15.9 Å². The van der Waals surface area contributed by atoms with E-state index in [9.17, 15) is 0 Å². The molecule has 1 aromatic carbocycles. The van der Waals surface area contributed by atoms with E-state index < -0.39 is 0 Å². The van der Waals surface area contributed by atoms with Crippen molar-refractivity contribution in [3.8, 4) is 0 Å². The van der Waals surface area contributed by atoms with Gasteiger partial charge in [0.25, 0.3) is 0 Å². The number of rotatable bonds is 5. The Hall–Kier alpha value is -1.13. The molecule has 0 spiro atoms. The Morgan fingerprint density at radius 2 is 2.11 bits per heavy atom. The number of aryl methyl sites for hydroxylation is 1. The molecular formula is C15H20BrN3. The number of hydrogen-bond acceptors (Lipinski definition) is 2. The zero-order chi connectivity index (χ0) is 13.8. The van der Waals surface area contributed by atoms with E-state index in [1.807, 2.05) is 10.9 Å². The Bertz CT molecular complexity index is 548. The van der Waals surface area contributed by atoms with Gasteiger partial charge in [-0.2, -0.15) is 5.10 Å². The molecule has 1 aromatic heterocycles. The third kappa shape index (κ3) is 3.67. The van der Waals surface area contributed by atoms with Crippen molar-refractivity contribution in [1.82, 2.24) is 14.7 Å². The number of halogens is 1. The van der Waals surface area contributed by atoms with Crippen LogP contribution in [0.2, 0.25) is 0 Å². The molecule has 0 aliphatic heterocycles. The molecule has 1 heterocycles. The molecule has 0 saturated heterocycles. The average molecular weight is 322 g/mol. The largest absolute Gasteiger partial charge is 0.298 e. The molecule has 0 radical (unpaired) electrons. The van der Waals surface area contributed by atoms with Crippen LogP contribution in [0, 0.1) is 6.92 Å². The van der Waals surface area contributed by atoms with Crippen LogP contribution in [0.15, 0.2) is 34.9 Å². The summed E-state index contributed by atoms with van der Waals surface area (Å²) >= 11 is 3.51. The first-order valence-electron chi connectivity index (χ1n) is 6.54. The van der Waals surface area contributed by atoms with Gasteiger partial charge in [-0.05, 0) is 38.6 Å². The predicted molar refractivity (Wildman–Crippen MR) is 82.0 cm³/mol. The molecule has 4 heteroatoms. The monoisotopic (exact) mass is 321 g/mol. The minimum atomic E-state index is 0.929. The van der Waals surface area contributed by atoms with Crippen LogP contribution in [0.5, 0.6) is 0 Å². The van der Waals surface area contributed by atoms with E-state index in [4.69, 9.17) is 0 Å². The molecule has 0 saturated carbocycles. The second kappa shape index (κ2) is 6.35. The molecule has 0 amide bonds. The van der Waals surface area contributed by atoms with Crippen molar-refractivity contribution in [3.05, 3.63) is 51.8 Å². The van der Waals surface area contributed by atoms with E-state index >= 15 is 0 Å². The average Bonchev–Trinajstić information content (AvgIpc) is 2.70. The van der Waals surface area contributed by atoms with Crippen molar-refractivity contribution < 1.29 is 0 Å². The Morgan fingerprint density at radius 1 is 1.32 bits per heavy atom. The summed E-state index contributed by atoms with van der Waals surface area (Å²) in [5.74, 6) is 0. The third-order valence-corrected chi connectivity index (χ3v) is 3.78. The maximum Gasteiger partial charge on any atom is 0.0537 e. The first-order chi connectivity index (χ1) is 9.10. The number of nitrogens with zero attached hydrogens (tertiary/aromatic N) is 3. The van der Waals surface area contributed by atoms with Crippen LogP contribution < -0.4 is 0 Å². The van der Waals surface area contributed by atoms with Gasteiger partial charge in [-0.1, -0.05) is 28.1 Å². The van der Waals surface area contributed by atoms with Crippen LogP contribution in [0.3, 0.4) is 0 Å². The lowest BCUT2D eigenvalue weighted by molar-refractivity contribution is 0.318.